The highest BCUT2D eigenvalue weighted by Gasteiger charge is 2.09. The summed E-state index contributed by atoms with van der Waals surface area (Å²) in [6, 6.07) is 15.0. The minimum Gasteiger partial charge on any atom is -0.492 e. The Hall–Kier alpha value is -2.79. The first-order valence-electron chi connectivity index (χ1n) is 9.96. The first kappa shape index (κ1) is 20.9. The molecule has 0 unspecified atom stereocenters. The van der Waals surface area contributed by atoms with Crippen LogP contribution in [0.15, 0.2) is 72.6 Å². The van der Waals surface area contributed by atoms with Crippen LogP contribution in [0, 0.1) is 5.82 Å². The number of hydrogen-bond acceptors (Lipinski definition) is 4. The molecule has 4 nitrogen and oxygen atoms in total. The van der Waals surface area contributed by atoms with Gasteiger partial charge in [-0.1, -0.05) is 12.1 Å². The van der Waals surface area contributed by atoms with E-state index in [0.717, 1.165) is 35.8 Å². The summed E-state index contributed by atoms with van der Waals surface area (Å²) in [5.41, 5.74) is 2.04. The van der Waals surface area contributed by atoms with Crippen LogP contribution < -0.4 is 9.64 Å². The molecule has 0 aromatic heterocycles. The molecular weight excluding hydrogens is 367 g/mol. The lowest BCUT2D eigenvalue weighted by molar-refractivity contribution is 0.208. The fourth-order valence-corrected chi connectivity index (χ4v) is 2.83. The quantitative estimate of drug-likeness (QED) is 0.597. The molecule has 0 amide bonds. The van der Waals surface area contributed by atoms with Crippen molar-refractivity contribution in [3.8, 4) is 5.75 Å². The number of likely N-dealkylation sites (N-methyl/N-ethyl adjacent to an activating group) is 1. The summed E-state index contributed by atoms with van der Waals surface area (Å²) in [5, 5.41) is 0. The van der Waals surface area contributed by atoms with Gasteiger partial charge in [0.15, 0.2) is 0 Å². The molecule has 0 N–H and O–H groups in total. The van der Waals surface area contributed by atoms with E-state index in [1.807, 2.05) is 30.5 Å². The SMILES string of the molecule is CC(C)N(C)CCOc1ccc(N2C=CC(OCc3ccc(F)cc3)=CC2)cc1. The predicted molar refractivity (Wildman–Crippen MR) is 115 cm³/mol. The largest absolute Gasteiger partial charge is 0.492 e. The van der Waals surface area contributed by atoms with E-state index in [0.29, 0.717) is 19.3 Å². The Morgan fingerprint density at radius 2 is 1.76 bits per heavy atom. The summed E-state index contributed by atoms with van der Waals surface area (Å²) in [4.78, 5) is 4.40. The molecule has 0 atom stereocenters. The van der Waals surface area contributed by atoms with Crippen molar-refractivity contribution in [3.63, 3.8) is 0 Å². The zero-order valence-electron chi connectivity index (χ0n) is 17.3. The molecule has 0 fully saturated rings. The molecule has 29 heavy (non-hydrogen) atoms. The van der Waals surface area contributed by atoms with E-state index in [9.17, 15) is 4.39 Å². The standard InChI is InChI=1S/C24H29FN2O2/c1-19(2)26(3)16-17-28-23-10-8-22(9-11-23)27-14-12-24(13-15-27)29-18-20-4-6-21(25)7-5-20/h4-14,19H,15-18H2,1-3H3. The van der Waals surface area contributed by atoms with E-state index < -0.39 is 0 Å². The molecule has 0 aliphatic carbocycles. The van der Waals surface area contributed by atoms with Crippen molar-refractivity contribution in [2.24, 2.45) is 0 Å². The minimum atomic E-state index is -0.236. The number of halogens is 1. The maximum absolute atomic E-state index is 13.0. The van der Waals surface area contributed by atoms with E-state index in [1.54, 1.807) is 12.1 Å². The fourth-order valence-electron chi connectivity index (χ4n) is 2.83. The van der Waals surface area contributed by atoms with E-state index in [4.69, 9.17) is 9.47 Å². The lowest BCUT2D eigenvalue weighted by atomic mass is 10.2. The summed E-state index contributed by atoms with van der Waals surface area (Å²) in [7, 11) is 2.10. The van der Waals surface area contributed by atoms with Gasteiger partial charge >= 0.3 is 0 Å². The molecule has 5 heteroatoms. The van der Waals surface area contributed by atoms with Crippen LogP contribution in [0.4, 0.5) is 10.1 Å². The van der Waals surface area contributed by atoms with E-state index >= 15 is 0 Å². The lowest BCUT2D eigenvalue weighted by Gasteiger charge is -2.23. The smallest absolute Gasteiger partial charge is 0.123 e. The summed E-state index contributed by atoms with van der Waals surface area (Å²) in [6.07, 6.45) is 5.99. The van der Waals surface area contributed by atoms with Gasteiger partial charge in [-0.25, -0.2) is 4.39 Å². The average Bonchev–Trinajstić information content (AvgIpc) is 2.74. The summed E-state index contributed by atoms with van der Waals surface area (Å²) in [5.74, 6) is 1.46. The first-order valence-corrected chi connectivity index (χ1v) is 9.96. The van der Waals surface area contributed by atoms with Crippen LogP contribution in [-0.2, 0) is 11.3 Å². The number of hydrogen-bond donors (Lipinski definition) is 0. The Kier molecular flexibility index (Phi) is 7.30. The molecule has 0 spiro atoms. The van der Waals surface area contributed by atoms with Gasteiger partial charge in [0.1, 0.15) is 30.5 Å². The number of benzene rings is 2. The third-order valence-corrected chi connectivity index (χ3v) is 4.99. The maximum Gasteiger partial charge on any atom is 0.123 e. The summed E-state index contributed by atoms with van der Waals surface area (Å²) in [6.45, 7) is 7.08. The van der Waals surface area contributed by atoms with E-state index in [2.05, 4.69) is 42.8 Å². The van der Waals surface area contributed by atoms with Crippen LogP contribution in [0.3, 0.4) is 0 Å². The van der Waals surface area contributed by atoms with Crippen molar-refractivity contribution >= 4 is 5.69 Å². The molecule has 2 aromatic rings. The molecule has 2 aromatic carbocycles. The average molecular weight is 397 g/mol. The third-order valence-electron chi connectivity index (χ3n) is 4.99. The van der Waals surface area contributed by atoms with Crippen molar-refractivity contribution < 1.29 is 13.9 Å². The maximum atomic E-state index is 13.0. The zero-order chi connectivity index (χ0) is 20.6. The monoisotopic (exact) mass is 396 g/mol. The number of allylic oxidation sites excluding steroid dienone is 1. The number of ether oxygens (including phenoxy) is 2. The Labute approximate surface area is 172 Å². The van der Waals surface area contributed by atoms with Gasteiger partial charge in [0.25, 0.3) is 0 Å². The molecule has 1 aliphatic heterocycles. The normalized spacial score (nSPS) is 13.7. The third kappa shape index (κ3) is 6.36. The van der Waals surface area contributed by atoms with Crippen LogP contribution in [0.5, 0.6) is 5.75 Å². The summed E-state index contributed by atoms with van der Waals surface area (Å²) < 4.78 is 24.6. The van der Waals surface area contributed by atoms with Gasteiger partial charge in [-0.2, -0.15) is 0 Å². The van der Waals surface area contributed by atoms with Gasteiger partial charge in [-0.3, -0.25) is 0 Å². The molecular formula is C24H29FN2O2. The van der Waals surface area contributed by atoms with Crippen LogP contribution in [0.25, 0.3) is 0 Å². The Balaban J connectivity index is 1.45. The van der Waals surface area contributed by atoms with Gasteiger partial charge < -0.3 is 19.3 Å². The number of anilines is 1. The van der Waals surface area contributed by atoms with Crippen molar-refractivity contribution in [1.29, 1.82) is 0 Å². The number of nitrogens with zero attached hydrogens (tertiary/aromatic N) is 2. The molecule has 0 radical (unpaired) electrons. The topological polar surface area (TPSA) is 24.9 Å². The van der Waals surface area contributed by atoms with Crippen LogP contribution in [-0.4, -0.2) is 37.7 Å². The zero-order valence-corrected chi connectivity index (χ0v) is 17.3. The van der Waals surface area contributed by atoms with Gasteiger partial charge in [-0.15, -0.1) is 0 Å². The highest BCUT2D eigenvalue weighted by molar-refractivity contribution is 5.53. The number of rotatable bonds is 9. The van der Waals surface area contributed by atoms with E-state index in [1.165, 1.54) is 12.1 Å². The highest BCUT2D eigenvalue weighted by Crippen LogP contribution is 2.22. The second-order valence-corrected chi connectivity index (χ2v) is 7.41. The van der Waals surface area contributed by atoms with Crippen molar-refractivity contribution in [1.82, 2.24) is 4.90 Å². The van der Waals surface area contributed by atoms with Crippen LogP contribution >= 0.6 is 0 Å². The van der Waals surface area contributed by atoms with E-state index in [-0.39, 0.29) is 5.82 Å². The predicted octanol–water partition coefficient (Wildman–Crippen LogP) is 4.98. The van der Waals surface area contributed by atoms with Gasteiger partial charge in [0, 0.05) is 31.0 Å². The van der Waals surface area contributed by atoms with Gasteiger partial charge in [0.2, 0.25) is 0 Å². The highest BCUT2D eigenvalue weighted by atomic mass is 19.1. The van der Waals surface area contributed by atoms with Crippen LogP contribution in [0.1, 0.15) is 19.4 Å². The Bertz CT molecular complexity index is 829. The summed E-state index contributed by atoms with van der Waals surface area (Å²) >= 11 is 0. The lowest BCUT2D eigenvalue weighted by Crippen LogP contribution is -2.30. The van der Waals surface area contributed by atoms with Crippen molar-refractivity contribution in [2.75, 3.05) is 31.6 Å². The van der Waals surface area contributed by atoms with Crippen molar-refractivity contribution in [2.45, 2.75) is 26.5 Å². The minimum absolute atomic E-state index is 0.236. The molecule has 154 valence electrons. The Morgan fingerprint density at radius 3 is 2.38 bits per heavy atom. The molecule has 1 aliphatic rings. The molecule has 0 saturated heterocycles. The Morgan fingerprint density at radius 1 is 1.03 bits per heavy atom. The molecule has 3 rings (SSSR count). The van der Waals surface area contributed by atoms with Gasteiger partial charge in [-0.05, 0) is 75.0 Å². The first-order chi connectivity index (χ1) is 14.0. The second kappa shape index (κ2) is 10.1. The molecule has 0 bridgehead atoms. The second-order valence-electron chi connectivity index (χ2n) is 7.41. The molecule has 1 heterocycles. The fraction of sp³-hybridized carbons (Fsp3) is 0.333. The van der Waals surface area contributed by atoms with Crippen LogP contribution in [0.2, 0.25) is 0 Å². The van der Waals surface area contributed by atoms with Gasteiger partial charge in [0.05, 0.1) is 0 Å². The van der Waals surface area contributed by atoms with Crippen molar-refractivity contribution in [3.05, 3.63) is 84.0 Å². The molecule has 0 saturated carbocycles.